The van der Waals surface area contributed by atoms with Crippen LogP contribution in [-0.2, 0) is 20.2 Å². The summed E-state index contributed by atoms with van der Waals surface area (Å²) in [5, 5.41) is 6.44. The van der Waals surface area contributed by atoms with Crippen molar-refractivity contribution in [2.24, 2.45) is 0 Å². The van der Waals surface area contributed by atoms with Gasteiger partial charge in [0, 0.05) is 5.56 Å². The van der Waals surface area contributed by atoms with Gasteiger partial charge in [-0.05, 0) is 51.9 Å². The molecule has 11 heteroatoms. The van der Waals surface area contributed by atoms with Crippen LogP contribution in [0.15, 0.2) is 30.3 Å². The SMILES string of the molecule is C1CCNC1.C1CCNC1.O=C(c1ccccc1)C(S(=O)(=O)O)S(=O)(=O)O. The van der Waals surface area contributed by atoms with Crippen LogP contribution in [0.3, 0.4) is 0 Å². The van der Waals surface area contributed by atoms with Crippen molar-refractivity contribution in [2.45, 2.75) is 30.3 Å². The smallest absolute Gasteiger partial charge is 0.292 e. The molecule has 4 N–H and O–H groups in total. The van der Waals surface area contributed by atoms with Crippen molar-refractivity contribution in [3.05, 3.63) is 35.9 Å². The third kappa shape index (κ3) is 9.40. The Balaban J connectivity index is 0.000000291. The van der Waals surface area contributed by atoms with Crippen LogP contribution in [0.25, 0.3) is 0 Å². The molecule has 0 amide bonds. The molecule has 0 atom stereocenters. The van der Waals surface area contributed by atoms with Gasteiger partial charge in [0.2, 0.25) is 5.78 Å². The zero-order chi connectivity index (χ0) is 20.3. The first kappa shape index (κ1) is 23.7. The first-order chi connectivity index (χ1) is 12.6. The Morgan fingerprint density at radius 1 is 0.778 bits per heavy atom. The molecular weight excluding hydrogens is 396 g/mol. The molecule has 154 valence electrons. The molecule has 2 saturated heterocycles. The van der Waals surface area contributed by atoms with E-state index in [0.29, 0.717) is 0 Å². The molecule has 3 rings (SSSR count). The number of carbonyl (C=O) groups excluding carboxylic acids is 1. The number of ketones is 1. The van der Waals surface area contributed by atoms with E-state index in [9.17, 15) is 21.6 Å². The number of nitrogens with one attached hydrogen (secondary N) is 2. The lowest BCUT2D eigenvalue weighted by Gasteiger charge is -2.09. The van der Waals surface area contributed by atoms with Crippen LogP contribution >= 0.6 is 0 Å². The number of Topliss-reactive ketones (excluding diaryl/α,β-unsaturated/α-hetero) is 1. The van der Waals surface area contributed by atoms with Gasteiger partial charge < -0.3 is 10.6 Å². The van der Waals surface area contributed by atoms with Gasteiger partial charge in [-0.3, -0.25) is 13.9 Å². The van der Waals surface area contributed by atoms with E-state index in [1.165, 1.54) is 70.1 Å². The highest BCUT2D eigenvalue weighted by Crippen LogP contribution is 2.14. The molecule has 0 unspecified atom stereocenters. The third-order valence-electron chi connectivity index (χ3n) is 3.73. The Morgan fingerprint density at radius 3 is 1.41 bits per heavy atom. The van der Waals surface area contributed by atoms with E-state index in [1.807, 2.05) is 0 Å². The van der Waals surface area contributed by atoms with E-state index >= 15 is 0 Å². The maximum absolute atomic E-state index is 11.6. The standard InChI is InChI=1S/C8H8O7S2.2C4H9N/c9-7(6-4-2-1-3-5-6)8(16(10,11)12)17(13,14)15;2*1-2-4-5-3-1/h1-5,8H,(H,10,11,12)(H,13,14,15);2*5H,1-4H2. The van der Waals surface area contributed by atoms with Crippen molar-refractivity contribution in [2.75, 3.05) is 26.2 Å². The van der Waals surface area contributed by atoms with E-state index in [4.69, 9.17) is 9.11 Å². The average molecular weight is 423 g/mol. The Bertz CT molecular complexity index is 715. The van der Waals surface area contributed by atoms with E-state index in [-0.39, 0.29) is 5.56 Å². The number of rotatable bonds is 4. The van der Waals surface area contributed by atoms with Crippen LogP contribution in [0.5, 0.6) is 0 Å². The highest BCUT2D eigenvalue weighted by molar-refractivity contribution is 8.05. The molecule has 2 aliphatic rings. The summed E-state index contributed by atoms with van der Waals surface area (Å²) in [7, 11) is -10.5. The molecule has 0 bridgehead atoms. The fourth-order valence-corrected chi connectivity index (χ4v) is 4.46. The van der Waals surface area contributed by atoms with Gasteiger partial charge in [-0.1, -0.05) is 30.3 Å². The molecule has 9 nitrogen and oxygen atoms in total. The third-order valence-corrected chi connectivity index (χ3v) is 6.70. The van der Waals surface area contributed by atoms with Crippen molar-refractivity contribution in [1.29, 1.82) is 0 Å². The van der Waals surface area contributed by atoms with Gasteiger partial charge in [0.05, 0.1) is 0 Å². The molecule has 0 spiro atoms. The monoisotopic (exact) mass is 422 g/mol. The minimum absolute atomic E-state index is 0.257. The zero-order valence-corrected chi connectivity index (χ0v) is 16.5. The summed E-state index contributed by atoms with van der Waals surface area (Å²) in [5.74, 6) is -1.42. The maximum Gasteiger partial charge on any atom is 0.292 e. The predicted octanol–water partition coefficient (Wildman–Crippen LogP) is 0.711. The van der Waals surface area contributed by atoms with Gasteiger partial charge in [-0.15, -0.1) is 0 Å². The minimum Gasteiger partial charge on any atom is -0.317 e. The summed E-state index contributed by atoms with van der Waals surface area (Å²) < 4.78 is 57.5. The largest absolute Gasteiger partial charge is 0.317 e. The second-order valence-electron chi connectivity index (χ2n) is 6.01. The van der Waals surface area contributed by atoms with Crippen LogP contribution < -0.4 is 10.6 Å². The van der Waals surface area contributed by atoms with Gasteiger partial charge in [-0.2, -0.15) is 16.8 Å². The quantitative estimate of drug-likeness (QED) is 0.406. The summed E-state index contributed by atoms with van der Waals surface area (Å²) in [6.45, 7) is 5.00. The molecule has 2 heterocycles. The maximum atomic E-state index is 11.6. The second-order valence-corrected chi connectivity index (χ2v) is 9.31. The Labute approximate surface area is 160 Å². The highest BCUT2D eigenvalue weighted by Gasteiger charge is 2.42. The molecular formula is C16H26N2O7S2. The van der Waals surface area contributed by atoms with E-state index in [2.05, 4.69) is 10.6 Å². The Hall–Kier alpha value is -1.37. The second kappa shape index (κ2) is 11.5. The van der Waals surface area contributed by atoms with E-state index < -0.39 is 30.6 Å². The Kier molecular flexibility index (Phi) is 10.1. The molecule has 1 aromatic carbocycles. The zero-order valence-electron chi connectivity index (χ0n) is 14.9. The summed E-state index contributed by atoms with van der Waals surface area (Å²) in [6.07, 6.45) is 5.56. The van der Waals surface area contributed by atoms with Crippen molar-refractivity contribution in [3.63, 3.8) is 0 Å². The number of benzene rings is 1. The highest BCUT2D eigenvalue weighted by atomic mass is 32.3. The molecule has 0 aliphatic carbocycles. The van der Waals surface area contributed by atoms with Crippen molar-refractivity contribution < 1.29 is 30.7 Å². The van der Waals surface area contributed by atoms with Gasteiger partial charge in [0.25, 0.3) is 24.8 Å². The van der Waals surface area contributed by atoms with Crippen LogP contribution in [-0.4, -0.2) is 62.5 Å². The van der Waals surface area contributed by atoms with Gasteiger partial charge in [-0.25, -0.2) is 0 Å². The first-order valence-electron chi connectivity index (χ1n) is 8.57. The van der Waals surface area contributed by atoms with Crippen molar-refractivity contribution in [3.8, 4) is 0 Å². The van der Waals surface area contributed by atoms with Crippen LogP contribution in [0.1, 0.15) is 36.0 Å². The van der Waals surface area contributed by atoms with Gasteiger partial charge >= 0.3 is 0 Å². The number of carbonyl (C=O) groups is 1. The summed E-state index contributed by atoms with van der Waals surface area (Å²) in [6, 6.07) is 6.58. The molecule has 27 heavy (non-hydrogen) atoms. The van der Waals surface area contributed by atoms with Gasteiger partial charge in [0.15, 0.2) is 0 Å². The number of hydrogen-bond acceptors (Lipinski definition) is 7. The Morgan fingerprint density at radius 2 is 1.15 bits per heavy atom. The lowest BCUT2D eigenvalue weighted by atomic mass is 10.1. The van der Waals surface area contributed by atoms with Crippen molar-refractivity contribution >= 4 is 26.0 Å². The van der Waals surface area contributed by atoms with Crippen LogP contribution in [0.4, 0.5) is 0 Å². The molecule has 0 radical (unpaired) electrons. The molecule has 1 aromatic rings. The minimum atomic E-state index is -5.26. The summed E-state index contributed by atoms with van der Waals surface area (Å²) in [4.78, 5) is 11.6. The summed E-state index contributed by atoms with van der Waals surface area (Å²) in [5.41, 5.74) is -0.257. The lowest BCUT2D eigenvalue weighted by molar-refractivity contribution is 0.100. The normalized spacial score (nSPS) is 16.9. The molecule has 2 aliphatic heterocycles. The molecule has 0 saturated carbocycles. The van der Waals surface area contributed by atoms with Crippen molar-refractivity contribution in [1.82, 2.24) is 10.6 Å². The fraction of sp³-hybridized carbons (Fsp3) is 0.562. The van der Waals surface area contributed by atoms with Gasteiger partial charge in [0.1, 0.15) is 0 Å². The summed E-state index contributed by atoms with van der Waals surface area (Å²) >= 11 is 0. The topological polar surface area (TPSA) is 150 Å². The van der Waals surface area contributed by atoms with E-state index in [0.717, 1.165) is 12.1 Å². The molecule has 2 fully saturated rings. The van der Waals surface area contributed by atoms with Crippen LogP contribution in [0.2, 0.25) is 0 Å². The fourth-order valence-electron chi connectivity index (χ4n) is 2.41. The average Bonchev–Trinajstić information content (AvgIpc) is 3.31. The predicted molar refractivity (Wildman–Crippen MR) is 102 cm³/mol. The lowest BCUT2D eigenvalue weighted by Crippen LogP contribution is -2.37. The van der Waals surface area contributed by atoms with E-state index in [1.54, 1.807) is 0 Å². The molecule has 0 aromatic heterocycles. The van der Waals surface area contributed by atoms with Crippen LogP contribution in [0, 0.1) is 0 Å². The number of hydrogen-bond donors (Lipinski definition) is 4. The first-order valence-corrected chi connectivity index (χ1v) is 11.6.